The number of nitrogens with zero attached hydrogens (tertiary/aromatic N) is 5. The molecule has 0 radical (unpaired) electrons. The van der Waals surface area contributed by atoms with Crippen LogP contribution in [-0.4, -0.2) is 38.1 Å². The van der Waals surface area contributed by atoms with Crippen molar-refractivity contribution in [2.75, 3.05) is 7.11 Å². The molecule has 7 nitrogen and oxygen atoms in total. The minimum Gasteiger partial charge on any atom is -0.480 e. The van der Waals surface area contributed by atoms with Gasteiger partial charge in [0.05, 0.1) is 13.2 Å². The van der Waals surface area contributed by atoms with Crippen LogP contribution in [0.1, 0.15) is 40.5 Å². The van der Waals surface area contributed by atoms with Crippen LogP contribution in [0.15, 0.2) is 18.3 Å². The van der Waals surface area contributed by atoms with E-state index in [9.17, 15) is 18.0 Å². The van der Waals surface area contributed by atoms with Gasteiger partial charge in [-0.2, -0.15) is 23.3 Å². The second kappa shape index (κ2) is 6.36. The van der Waals surface area contributed by atoms with Crippen molar-refractivity contribution in [3.05, 3.63) is 41.1 Å². The van der Waals surface area contributed by atoms with Crippen molar-refractivity contribution in [2.45, 2.75) is 26.1 Å². The highest BCUT2D eigenvalue weighted by Crippen LogP contribution is 2.31. The number of ether oxygens (including phenoxy) is 1. The van der Waals surface area contributed by atoms with Crippen molar-refractivity contribution in [2.24, 2.45) is 0 Å². The Bertz CT molecular complexity index is 967. The molecule has 0 amide bonds. The molecule has 0 bridgehead atoms. The molecular formula is C16H14F3N5O2. The number of pyridine rings is 1. The van der Waals surface area contributed by atoms with Crippen molar-refractivity contribution in [1.29, 1.82) is 0 Å². The molecule has 0 spiro atoms. The van der Waals surface area contributed by atoms with Gasteiger partial charge in [0, 0.05) is 6.20 Å². The number of aromatic nitrogens is 5. The van der Waals surface area contributed by atoms with Gasteiger partial charge in [0.1, 0.15) is 22.6 Å². The van der Waals surface area contributed by atoms with E-state index in [0.717, 1.165) is 12.3 Å². The number of methoxy groups -OCH3 is 1. The number of rotatable bonds is 4. The van der Waals surface area contributed by atoms with Crippen molar-refractivity contribution in [3.63, 3.8) is 0 Å². The monoisotopic (exact) mass is 365 g/mol. The van der Waals surface area contributed by atoms with E-state index in [4.69, 9.17) is 4.74 Å². The molecule has 0 aromatic carbocycles. The molecule has 136 valence electrons. The smallest absolute Gasteiger partial charge is 0.433 e. The fourth-order valence-electron chi connectivity index (χ4n) is 2.60. The highest BCUT2D eigenvalue weighted by molar-refractivity contribution is 5.96. The lowest BCUT2D eigenvalue weighted by atomic mass is 10.1. The van der Waals surface area contributed by atoms with Crippen LogP contribution in [0, 0.1) is 6.92 Å². The minimum atomic E-state index is -4.51. The van der Waals surface area contributed by atoms with E-state index in [-0.39, 0.29) is 11.6 Å². The normalized spacial score (nSPS) is 13.0. The fourth-order valence-corrected chi connectivity index (χ4v) is 2.60. The van der Waals surface area contributed by atoms with Crippen molar-refractivity contribution in [1.82, 2.24) is 24.7 Å². The van der Waals surface area contributed by atoms with Gasteiger partial charge in [-0.05, 0) is 25.5 Å². The number of carbonyl (C=O) groups is 1. The van der Waals surface area contributed by atoms with Gasteiger partial charge >= 0.3 is 6.18 Å². The zero-order valence-electron chi connectivity index (χ0n) is 14.1. The average molecular weight is 365 g/mol. The Morgan fingerprint density at radius 1 is 1.27 bits per heavy atom. The van der Waals surface area contributed by atoms with Crippen LogP contribution in [0.2, 0.25) is 0 Å². The third-order valence-corrected chi connectivity index (χ3v) is 3.89. The molecule has 3 aromatic rings. The van der Waals surface area contributed by atoms with Crippen LogP contribution >= 0.6 is 0 Å². The molecule has 1 atom stereocenters. The Labute approximate surface area is 145 Å². The van der Waals surface area contributed by atoms with Gasteiger partial charge in [-0.3, -0.25) is 9.78 Å². The first-order chi connectivity index (χ1) is 12.3. The summed E-state index contributed by atoms with van der Waals surface area (Å²) in [6, 6.07) is 1.71. The summed E-state index contributed by atoms with van der Waals surface area (Å²) in [6.45, 7) is 3.37. The maximum absolute atomic E-state index is 12.7. The van der Waals surface area contributed by atoms with Gasteiger partial charge in [-0.1, -0.05) is 6.07 Å². The Morgan fingerprint density at radius 3 is 2.54 bits per heavy atom. The topological polar surface area (TPSA) is 82.8 Å². The Kier molecular flexibility index (Phi) is 4.34. The molecule has 3 rings (SSSR count). The lowest BCUT2D eigenvalue weighted by molar-refractivity contribution is -0.141. The number of aryl methyl sites for hydroxylation is 1. The number of hydrogen-bond donors (Lipinski definition) is 0. The van der Waals surface area contributed by atoms with E-state index in [1.165, 1.54) is 17.9 Å². The van der Waals surface area contributed by atoms with Gasteiger partial charge < -0.3 is 4.74 Å². The summed E-state index contributed by atoms with van der Waals surface area (Å²) in [5, 5.41) is 4.57. The summed E-state index contributed by atoms with van der Waals surface area (Å²) >= 11 is 0. The SMILES string of the molecule is COc1nc(C)nc2c1c(C=O)nn2C(C)c1ccc(C(F)(F)F)nc1. The zero-order valence-corrected chi connectivity index (χ0v) is 14.1. The third kappa shape index (κ3) is 2.98. The van der Waals surface area contributed by atoms with Crippen molar-refractivity contribution < 1.29 is 22.7 Å². The maximum Gasteiger partial charge on any atom is 0.433 e. The van der Waals surface area contributed by atoms with E-state index >= 15 is 0 Å². The zero-order chi connectivity index (χ0) is 19.1. The van der Waals surface area contributed by atoms with Gasteiger partial charge in [0.25, 0.3) is 0 Å². The number of halogens is 3. The molecule has 26 heavy (non-hydrogen) atoms. The van der Waals surface area contributed by atoms with Crippen LogP contribution in [0.4, 0.5) is 13.2 Å². The standard InChI is InChI=1S/C16H14F3N5O2/c1-8(10-4-5-12(20-6-10)16(17,18)19)24-14-13(11(7-25)23-24)15(26-3)22-9(2)21-14/h4-8H,1-3H3. The third-order valence-electron chi connectivity index (χ3n) is 3.89. The summed E-state index contributed by atoms with van der Waals surface area (Å²) in [5.41, 5.74) is -0.0605. The van der Waals surface area contributed by atoms with Crippen LogP contribution in [-0.2, 0) is 6.18 Å². The summed E-state index contributed by atoms with van der Waals surface area (Å²) in [4.78, 5) is 23.3. The van der Waals surface area contributed by atoms with Gasteiger partial charge in [-0.15, -0.1) is 0 Å². The summed E-state index contributed by atoms with van der Waals surface area (Å²) in [6.07, 6.45) is -2.83. The summed E-state index contributed by atoms with van der Waals surface area (Å²) in [7, 11) is 1.41. The number of hydrogen-bond acceptors (Lipinski definition) is 6. The van der Waals surface area contributed by atoms with Crippen molar-refractivity contribution in [3.8, 4) is 5.88 Å². The van der Waals surface area contributed by atoms with Gasteiger partial charge in [0.15, 0.2) is 11.9 Å². The highest BCUT2D eigenvalue weighted by atomic mass is 19.4. The van der Waals surface area contributed by atoms with E-state index in [1.807, 2.05) is 0 Å². The summed E-state index contributed by atoms with van der Waals surface area (Å²) < 4.78 is 44.7. The Morgan fingerprint density at radius 2 is 2.00 bits per heavy atom. The van der Waals surface area contributed by atoms with E-state index < -0.39 is 17.9 Å². The van der Waals surface area contributed by atoms with Crippen LogP contribution in [0.5, 0.6) is 5.88 Å². The fraction of sp³-hybridized carbons (Fsp3) is 0.312. The molecule has 0 saturated heterocycles. The Balaban J connectivity index is 2.13. The minimum absolute atomic E-state index is 0.0866. The molecular weight excluding hydrogens is 351 g/mol. The first kappa shape index (κ1) is 17.8. The number of aldehydes is 1. The molecule has 1 unspecified atom stereocenters. The molecule has 10 heteroatoms. The second-order valence-corrected chi connectivity index (χ2v) is 5.58. The predicted molar refractivity (Wildman–Crippen MR) is 85.1 cm³/mol. The summed E-state index contributed by atoms with van der Waals surface area (Å²) in [5.74, 6) is 0.615. The lowest BCUT2D eigenvalue weighted by Gasteiger charge is -2.14. The van der Waals surface area contributed by atoms with E-state index in [2.05, 4.69) is 20.1 Å². The Hall–Kier alpha value is -3.04. The quantitative estimate of drug-likeness (QED) is 0.661. The van der Waals surface area contributed by atoms with E-state index in [0.29, 0.717) is 28.7 Å². The maximum atomic E-state index is 12.7. The number of fused-ring (bicyclic) bond motifs is 1. The molecule has 3 aromatic heterocycles. The second-order valence-electron chi connectivity index (χ2n) is 5.58. The lowest BCUT2D eigenvalue weighted by Crippen LogP contribution is -2.12. The van der Waals surface area contributed by atoms with Crippen LogP contribution < -0.4 is 4.74 Å². The van der Waals surface area contributed by atoms with Gasteiger partial charge in [0.2, 0.25) is 5.88 Å². The van der Waals surface area contributed by atoms with E-state index in [1.54, 1.807) is 13.8 Å². The molecule has 0 fully saturated rings. The first-order valence-corrected chi connectivity index (χ1v) is 7.55. The van der Waals surface area contributed by atoms with Gasteiger partial charge in [-0.25, -0.2) is 9.67 Å². The predicted octanol–water partition coefficient (Wildman–Crippen LogP) is 2.98. The highest BCUT2D eigenvalue weighted by Gasteiger charge is 2.32. The average Bonchev–Trinajstić information content (AvgIpc) is 2.98. The number of carbonyl (C=O) groups excluding carboxylic acids is 1. The molecule has 0 saturated carbocycles. The first-order valence-electron chi connectivity index (χ1n) is 7.55. The molecule has 0 N–H and O–H groups in total. The van der Waals surface area contributed by atoms with Crippen LogP contribution in [0.25, 0.3) is 11.0 Å². The van der Waals surface area contributed by atoms with Crippen LogP contribution in [0.3, 0.4) is 0 Å². The molecule has 0 aliphatic carbocycles. The van der Waals surface area contributed by atoms with Crippen molar-refractivity contribution >= 4 is 17.3 Å². The molecule has 0 aliphatic rings. The number of alkyl halides is 3. The molecule has 0 aliphatic heterocycles. The largest absolute Gasteiger partial charge is 0.480 e. The molecule has 3 heterocycles.